The van der Waals surface area contributed by atoms with E-state index in [2.05, 4.69) is 10.0 Å². The van der Waals surface area contributed by atoms with Crippen molar-refractivity contribution in [3.63, 3.8) is 0 Å². The third-order valence-corrected chi connectivity index (χ3v) is 4.82. The van der Waals surface area contributed by atoms with E-state index in [-0.39, 0.29) is 0 Å². The highest BCUT2D eigenvalue weighted by molar-refractivity contribution is 7.89. The molecule has 1 aromatic carbocycles. The molecular weight excluding hydrogens is 260 g/mol. The van der Waals surface area contributed by atoms with Crippen LogP contribution in [-0.2, 0) is 16.6 Å². The Hall–Kier alpha value is -0.910. The Balaban J connectivity index is 2.85. The van der Waals surface area contributed by atoms with Crippen LogP contribution in [0.2, 0.25) is 0 Å². The Bertz CT molecular complexity index is 493. The molecule has 0 unspecified atom stereocenters. The number of hydrogen-bond acceptors (Lipinski definition) is 3. The summed E-state index contributed by atoms with van der Waals surface area (Å²) in [4.78, 5) is 0.314. The highest BCUT2D eigenvalue weighted by Gasteiger charge is 2.24. The van der Waals surface area contributed by atoms with E-state index >= 15 is 0 Å². The van der Waals surface area contributed by atoms with Crippen LogP contribution in [0.25, 0.3) is 0 Å². The van der Waals surface area contributed by atoms with Crippen LogP contribution in [0.3, 0.4) is 0 Å². The van der Waals surface area contributed by atoms with Gasteiger partial charge in [0.1, 0.15) is 0 Å². The summed E-state index contributed by atoms with van der Waals surface area (Å²) in [6.07, 6.45) is 0.741. The third kappa shape index (κ3) is 4.93. The standard InChI is InChI=1S/C14H24N2O2S/c1-5-14(3,4)16-19(17,18)13-9-7-12(8-10-13)11-15-6-2/h7-10,15-16H,5-6,11H2,1-4H3. The van der Waals surface area contributed by atoms with Gasteiger partial charge in [-0.1, -0.05) is 26.0 Å². The predicted molar refractivity (Wildman–Crippen MR) is 78.5 cm³/mol. The van der Waals surface area contributed by atoms with Gasteiger partial charge in [0.2, 0.25) is 10.0 Å². The first-order chi connectivity index (χ1) is 8.80. The largest absolute Gasteiger partial charge is 0.313 e. The van der Waals surface area contributed by atoms with Crippen LogP contribution >= 0.6 is 0 Å². The van der Waals surface area contributed by atoms with E-state index in [0.29, 0.717) is 4.90 Å². The van der Waals surface area contributed by atoms with Crippen LogP contribution in [0.4, 0.5) is 0 Å². The maximum absolute atomic E-state index is 12.2. The van der Waals surface area contributed by atoms with Gasteiger partial charge in [0.15, 0.2) is 0 Å². The molecule has 4 nitrogen and oxygen atoms in total. The molecule has 0 radical (unpaired) electrons. The van der Waals surface area contributed by atoms with E-state index < -0.39 is 15.6 Å². The van der Waals surface area contributed by atoms with Crippen molar-refractivity contribution in [3.8, 4) is 0 Å². The monoisotopic (exact) mass is 284 g/mol. The molecule has 0 spiro atoms. The minimum absolute atomic E-state index is 0.314. The summed E-state index contributed by atoms with van der Waals surface area (Å²) < 4.78 is 27.1. The molecule has 0 aromatic heterocycles. The molecule has 0 aliphatic carbocycles. The van der Waals surface area contributed by atoms with Crippen LogP contribution in [0.1, 0.15) is 39.7 Å². The molecule has 1 aromatic rings. The van der Waals surface area contributed by atoms with Gasteiger partial charge in [-0.15, -0.1) is 0 Å². The topological polar surface area (TPSA) is 58.2 Å². The highest BCUT2D eigenvalue weighted by Crippen LogP contribution is 2.16. The molecule has 2 N–H and O–H groups in total. The van der Waals surface area contributed by atoms with Crippen molar-refractivity contribution in [3.05, 3.63) is 29.8 Å². The first kappa shape index (κ1) is 16.1. The van der Waals surface area contributed by atoms with Crippen molar-refractivity contribution in [2.24, 2.45) is 0 Å². The summed E-state index contributed by atoms with van der Waals surface area (Å²) in [5.41, 5.74) is 0.650. The average Bonchev–Trinajstić information content (AvgIpc) is 2.35. The Morgan fingerprint density at radius 3 is 2.16 bits per heavy atom. The van der Waals surface area contributed by atoms with Gasteiger partial charge >= 0.3 is 0 Å². The minimum Gasteiger partial charge on any atom is -0.313 e. The second-order valence-electron chi connectivity index (χ2n) is 5.27. The van der Waals surface area contributed by atoms with Crippen molar-refractivity contribution in [2.75, 3.05) is 6.54 Å². The van der Waals surface area contributed by atoms with Gasteiger partial charge in [0, 0.05) is 12.1 Å². The van der Waals surface area contributed by atoms with Gasteiger partial charge in [-0.05, 0) is 44.5 Å². The summed E-state index contributed by atoms with van der Waals surface area (Å²) in [5.74, 6) is 0. The van der Waals surface area contributed by atoms with Crippen LogP contribution in [0.15, 0.2) is 29.2 Å². The SMILES string of the molecule is CCNCc1ccc(S(=O)(=O)NC(C)(C)CC)cc1. The zero-order valence-electron chi connectivity index (χ0n) is 12.2. The molecule has 108 valence electrons. The van der Waals surface area contributed by atoms with E-state index in [0.717, 1.165) is 25.1 Å². The Kier molecular flexibility index (Phi) is 5.52. The van der Waals surface area contributed by atoms with Gasteiger partial charge < -0.3 is 5.32 Å². The molecule has 0 heterocycles. The summed E-state index contributed by atoms with van der Waals surface area (Å²) in [6.45, 7) is 9.41. The lowest BCUT2D eigenvalue weighted by Gasteiger charge is -2.24. The third-order valence-electron chi connectivity index (χ3n) is 3.11. The summed E-state index contributed by atoms with van der Waals surface area (Å²) >= 11 is 0. The van der Waals surface area contributed by atoms with Gasteiger partial charge in [-0.2, -0.15) is 0 Å². The van der Waals surface area contributed by atoms with E-state index in [1.807, 2.05) is 39.8 Å². The average molecular weight is 284 g/mol. The van der Waals surface area contributed by atoms with Gasteiger partial charge in [0.25, 0.3) is 0 Å². The van der Waals surface area contributed by atoms with Crippen LogP contribution in [0.5, 0.6) is 0 Å². The lowest BCUT2D eigenvalue weighted by atomic mass is 10.0. The molecule has 5 heteroatoms. The van der Waals surface area contributed by atoms with E-state index in [1.54, 1.807) is 12.1 Å². The molecule has 0 saturated carbocycles. The molecule has 1 rings (SSSR count). The second kappa shape index (κ2) is 6.50. The fraction of sp³-hybridized carbons (Fsp3) is 0.571. The molecule has 0 bridgehead atoms. The van der Waals surface area contributed by atoms with E-state index in [4.69, 9.17) is 0 Å². The van der Waals surface area contributed by atoms with E-state index in [1.165, 1.54) is 0 Å². The number of benzene rings is 1. The van der Waals surface area contributed by atoms with Crippen LogP contribution in [0, 0.1) is 0 Å². The van der Waals surface area contributed by atoms with Crippen molar-refractivity contribution >= 4 is 10.0 Å². The number of rotatable bonds is 7. The molecule has 0 aliphatic heterocycles. The maximum Gasteiger partial charge on any atom is 0.241 e. The Morgan fingerprint density at radius 1 is 1.11 bits per heavy atom. The maximum atomic E-state index is 12.2. The highest BCUT2D eigenvalue weighted by atomic mass is 32.2. The Labute approximate surface area is 116 Å². The number of nitrogens with one attached hydrogen (secondary N) is 2. The summed E-state index contributed by atoms with van der Waals surface area (Å²) in [7, 11) is -3.44. The molecule has 0 fully saturated rings. The molecule has 0 amide bonds. The fourth-order valence-electron chi connectivity index (χ4n) is 1.55. The normalized spacial score (nSPS) is 12.6. The zero-order chi connectivity index (χ0) is 14.5. The van der Waals surface area contributed by atoms with Crippen LogP contribution in [-0.4, -0.2) is 20.5 Å². The van der Waals surface area contributed by atoms with Crippen molar-refractivity contribution in [2.45, 2.75) is 51.1 Å². The minimum atomic E-state index is -3.44. The van der Waals surface area contributed by atoms with E-state index in [9.17, 15) is 8.42 Å². The van der Waals surface area contributed by atoms with Crippen molar-refractivity contribution in [1.82, 2.24) is 10.0 Å². The van der Waals surface area contributed by atoms with Crippen LogP contribution < -0.4 is 10.0 Å². The second-order valence-corrected chi connectivity index (χ2v) is 6.95. The number of sulfonamides is 1. The zero-order valence-corrected chi connectivity index (χ0v) is 13.0. The van der Waals surface area contributed by atoms with Crippen molar-refractivity contribution < 1.29 is 8.42 Å². The van der Waals surface area contributed by atoms with Crippen molar-refractivity contribution in [1.29, 1.82) is 0 Å². The lowest BCUT2D eigenvalue weighted by Crippen LogP contribution is -2.42. The Morgan fingerprint density at radius 2 is 1.68 bits per heavy atom. The molecule has 19 heavy (non-hydrogen) atoms. The quantitative estimate of drug-likeness (QED) is 0.807. The number of hydrogen-bond donors (Lipinski definition) is 2. The first-order valence-electron chi connectivity index (χ1n) is 6.64. The molecule has 0 atom stereocenters. The lowest BCUT2D eigenvalue weighted by molar-refractivity contribution is 0.439. The molecular formula is C14H24N2O2S. The van der Waals surface area contributed by atoms with Gasteiger partial charge in [-0.3, -0.25) is 0 Å². The molecule has 0 saturated heterocycles. The van der Waals surface area contributed by atoms with Gasteiger partial charge in [-0.25, -0.2) is 13.1 Å². The first-order valence-corrected chi connectivity index (χ1v) is 8.12. The predicted octanol–water partition coefficient (Wildman–Crippen LogP) is 2.26. The van der Waals surface area contributed by atoms with Gasteiger partial charge in [0.05, 0.1) is 4.90 Å². The molecule has 0 aliphatic rings. The smallest absolute Gasteiger partial charge is 0.241 e. The fourth-order valence-corrected chi connectivity index (χ4v) is 3.03. The summed E-state index contributed by atoms with van der Waals surface area (Å²) in [6, 6.07) is 6.99. The summed E-state index contributed by atoms with van der Waals surface area (Å²) in [5, 5.41) is 3.21.